The van der Waals surface area contributed by atoms with Gasteiger partial charge in [0.25, 0.3) is 0 Å². The molecular weight excluding hydrogens is 373 g/mol. The zero-order valence-electron chi connectivity index (χ0n) is 15.5. The number of nitrogens with one attached hydrogen (secondary N) is 1. The fourth-order valence-electron chi connectivity index (χ4n) is 6.01. The molecule has 29 heavy (non-hydrogen) atoms. The van der Waals surface area contributed by atoms with Gasteiger partial charge in [0.1, 0.15) is 11.4 Å². The van der Waals surface area contributed by atoms with E-state index in [0.29, 0.717) is 23.5 Å². The molecule has 3 fully saturated rings. The summed E-state index contributed by atoms with van der Waals surface area (Å²) in [6.07, 6.45) is 1.57. The van der Waals surface area contributed by atoms with Crippen LogP contribution in [0, 0.1) is 17.7 Å². The molecule has 146 valence electrons. The number of anilines is 2. The Bertz CT molecular complexity index is 1090. The van der Waals surface area contributed by atoms with Crippen LogP contribution in [0.15, 0.2) is 48.5 Å². The number of nitrogens with zero attached hydrogens (tertiary/aromatic N) is 2. The van der Waals surface area contributed by atoms with E-state index in [2.05, 4.69) is 5.32 Å². The lowest BCUT2D eigenvalue weighted by atomic mass is 9.75. The maximum atomic E-state index is 14.2. The summed E-state index contributed by atoms with van der Waals surface area (Å²) in [6.45, 7) is 0.604. The van der Waals surface area contributed by atoms with Crippen molar-refractivity contribution in [2.24, 2.45) is 11.8 Å². The topological polar surface area (TPSA) is 69.7 Å². The van der Waals surface area contributed by atoms with Gasteiger partial charge in [-0.15, -0.1) is 0 Å². The van der Waals surface area contributed by atoms with Gasteiger partial charge in [-0.3, -0.25) is 19.3 Å². The molecule has 4 aliphatic heterocycles. The first-order chi connectivity index (χ1) is 14.0. The van der Waals surface area contributed by atoms with E-state index in [-0.39, 0.29) is 23.8 Å². The molecule has 0 bridgehead atoms. The van der Waals surface area contributed by atoms with Gasteiger partial charge < -0.3 is 5.32 Å². The first-order valence-electron chi connectivity index (χ1n) is 9.86. The van der Waals surface area contributed by atoms with Crippen LogP contribution in [-0.2, 0) is 19.9 Å². The Kier molecular flexibility index (Phi) is 3.20. The van der Waals surface area contributed by atoms with Gasteiger partial charge >= 0.3 is 0 Å². The number of carbonyl (C=O) groups excluding carboxylic acids is 3. The number of imide groups is 1. The Hall–Kier alpha value is -3.06. The van der Waals surface area contributed by atoms with Crippen molar-refractivity contribution in [3.63, 3.8) is 0 Å². The molecule has 0 aromatic heterocycles. The van der Waals surface area contributed by atoms with Crippen LogP contribution in [0.1, 0.15) is 18.4 Å². The van der Waals surface area contributed by atoms with Crippen molar-refractivity contribution in [2.75, 3.05) is 16.8 Å². The summed E-state index contributed by atoms with van der Waals surface area (Å²) in [7, 11) is 0. The van der Waals surface area contributed by atoms with Gasteiger partial charge in [0.15, 0.2) is 0 Å². The molecule has 4 atom stereocenters. The highest BCUT2D eigenvalue weighted by atomic mass is 19.1. The second kappa shape index (κ2) is 5.51. The third kappa shape index (κ3) is 1.86. The molecule has 1 spiro atoms. The predicted octanol–water partition coefficient (Wildman–Crippen LogP) is 2.26. The van der Waals surface area contributed by atoms with Crippen molar-refractivity contribution in [1.29, 1.82) is 0 Å². The van der Waals surface area contributed by atoms with Crippen molar-refractivity contribution in [2.45, 2.75) is 24.4 Å². The number of amides is 3. The number of hydrogen-bond acceptors (Lipinski definition) is 4. The average Bonchev–Trinajstić information content (AvgIpc) is 3.41. The molecule has 6 rings (SSSR count). The maximum absolute atomic E-state index is 14.2. The van der Waals surface area contributed by atoms with Gasteiger partial charge in [0, 0.05) is 17.3 Å². The zero-order chi connectivity index (χ0) is 19.9. The number of fused-ring (bicyclic) bond motifs is 7. The molecule has 3 amide bonds. The normalized spacial score (nSPS) is 32.7. The van der Waals surface area contributed by atoms with Crippen LogP contribution < -0.4 is 10.2 Å². The third-order valence-electron chi connectivity index (χ3n) is 6.97. The SMILES string of the molecule is O=C1C2C3CCCN3C3(C(=O)Nc4ccc(F)cc43)C2C(=O)N1c1ccccc1. The van der Waals surface area contributed by atoms with Crippen molar-refractivity contribution in [1.82, 2.24) is 4.90 Å². The first kappa shape index (κ1) is 16.9. The van der Waals surface area contributed by atoms with Crippen molar-refractivity contribution >= 4 is 29.1 Å². The van der Waals surface area contributed by atoms with Crippen molar-refractivity contribution in [3.05, 3.63) is 59.9 Å². The molecule has 0 aliphatic carbocycles. The van der Waals surface area contributed by atoms with Gasteiger partial charge in [-0.1, -0.05) is 18.2 Å². The average molecular weight is 391 g/mol. The summed E-state index contributed by atoms with van der Waals surface area (Å²) in [5, 5.41) is 2.84. The van der Waals surface area contributed by atoms with Crippen LogP contribution in [0.25, 0.3) is 0 Å². The molecule has 6 nitrogen and oxygen atoms in total. The smallest absolute Gasteiger partial charge is 0.250 e. The van der Waals surface area contributed by atoms with E-state index in [9.17, 15) is 18.8 Å². The van der Waals surface area contributed by atoms with Crippen molar-refractivity contribution in [3.8, 4) is 0 Å². The van der Waals surface area contributed by atoms with Gasteiger partial charge in [-0.25, -0.2) is 9.29 Å². The minimum absolute atomic E-state index is 0.204. The molecule has 3 saturated heterocycles. The lowest BCUT2D eigenvalue weighted by Gasteiger charge is -2.36. The van der Waals surface area contributed by atoms with Crippen LogP contribution in [0.4, 0.5) is 15.8 Å². The molecule has 0 saturated carbocycles. The number of halogens is 1. The Labute approximate surface area is 166 Å². The van der Waals surface area contributed by atoms with Gasteiger partial charge in [-0.05, 0) is 49.7 Å². The zero-order valence-corrected chi connectivity index (χ0v) is 15.5. The quantitative estimate of drug-likeness (QED) is 0.757. The fraction of sp³-hybridized carbons (Fsp3) is 0.318. The molecule has 4 aliphatic rings. The van der Waals surface area contributed by atoms with Crippen LogP contribution in [-0.4, -0.2) is 35.2 Å². The maximum Gasteiger partial charge on any atom is 0.250 e. The molecular formula is C22H18FN3O3. The summed E-state index contributed by atoms with van der Waals surface area (Å²) >= 11 is 0. The molecule has 1 N–H and O–H groups in total. The highest BCUT2D eigenvalue weighted by molar-refractivity contribution is 6.25. The fourth-order valence-corrected chi connectivity index (χ4v) is 6.01. The molecule has 2 aromatic rings. The summed E-state index contributed by atoms with van der Waals surface area (Å²) < 4.78 is 14.2. The first-order valence-corrected chi connectivity index (χ1v) is 9.86. The summed E-state index contributed by atoms with van der Waals surface area (Å²) in [4.78, 5) is 43.7. The number of benzene rings is 2. The van der Waals surface area contributed by atoms with Crippen LogP contribution in [0.3, 0.4) is 0 Å². The van der Waals surface area contributed by atoms with E-state index in [1.165, 1.54) is 23.1 Å². The number of carbonyl (C=O) groups is 3. The van der Waals surface area contributed by atoms with Crippen molar-refractivity contribution < 1.29 is 18.8 Å². The van der Waals surface area contributed by atoms with E-state index in [1.54, 1.807) is 24.3 Å². The Morgan fingerprint density at radius 1 is 1.03 bits per heavy atom. The Morgan fingerprint density at radius 2 is 1.83 bits per heavy atom. The second-order valence-electron chi connectivity index (χ2n) is 8.16. The van der Waals surface area contributed by atoms with Crippen LogP contribution in [0.5, 0.6) is 0 Å². The lowest BCUT2D eigenvalue weighted by molar-refractivity contribution is -0.135. The van der Waals surface area contributed by atoms with E-state index >= 15 is 0 Å². The van der Waals surface area contributed by atoms with E-state index < -0.39 is 23.2 Å². The predicted molar refractivity (Wildman–Crippen MR) is 102 cm³/mol. The Morgan fingerprint density at radius 3 is 2.62 bits per heavy atom. The second-order valence-corrected chi connectivity index (χ2v) is 8.16. The van der Waals surface area contributed by atoms with Crippen LogP contribution in [0.2, 0.25) is 0 Å². The lowest BCUT2D eigenvalue weighted by Crippen LogP contribution is -2.54. The van der Waals surface area contributed by atoms with Gasteiger partial charge in [0.05, 0.1) is 17.5 Å². The van der Waals surface area contributed by atoms with E-state index in [0.717, 1.165) is 12.8 Å². The molecule has 0 radical (unpaired) electrons. The number of rotatable bonds is 1. The minimum atomic E-state index is -1.33. The molecule has 2 aromatic carbocycles. The van der Waals surface area contributed by atoms with Crippen LogP contribution >= 0.6 is 0 Å². The molecule has 4 unspecified atom stereocenters. The molecule has 4 heterocycles. The standard InChI is InChI=1S/C22H18FN3O3/c23-12-8-9-15-14(11-12)22(21(29)24-15)18-17(16-7-4-10-25(16)22)19(27)26(20(18)28)13-5-2-1-3-6-13/h1-3,5-6,8-9,11,16-18H,4,7,10H2,(H,24,29). The highest BCUT2D eigenvalue weighted by Gasteiger charge is 2.74. The number of para-hydroxylation sites is 1. The van der Waals surface area contributed by atoms with Gasteiger partial charge in [0.2, 0.25) is 17.7 Å². The summed E-state index contributed by atoms with van der Waals surface area (Å²) in [5.74, 6) is -2.91. The monoisotopic (exact) mass is 391 g/mol. The van der Waals surface area contributed by atoms with E-state index in [4.69, 9.17) is 0 Å². The highest BCUT2D eigenvalue weighted by Crippen LogP contribution is 2.60. The van der Waals surface area contributed by atoms with E-state index in [1.807, 2.05) is 11.0 Å². The summed E-state index contributed by atoms with van der Waals surface area (Å²) in [6, 6.07) is 12.8. The largest absolute Gasteiger partial charge is 0.324 e. The number of hydrogen-bond donors (Lipinski definition) is 1. The van der Waals surface area contributed by atoms with Gasteiger partial charge in [-0.2, -0.15) is 0 Å². The Balaban J connectivity index is 1.58. The summed E-state index contributed by atoms with van der Waals surface area (Å²) in [5.41, 5.74) is 0.160. The third-order valence-corrected chi connectivity index (χ3v) is 6.97. The minimum Gasteiger partial charge on any atom is -0.324 e. The molecule has 7 heteroatoms.